The van der Waals surface area contributed by atoms with E-state index in [2.05, 4.69) is 53.8 Å². The van der Waals surface area contributed by atoms with Gasteiger partial charge in [-0.1, -0.05) is 42.5 Å². The summed E-state index contributed by atoms with van der Waals surface area (Å²) < 4.78 is 0. The number of halogens is 1. The molecule has 3 N–H and O–H groups in total. The summed E-state index contributed by atoms with van der Waals surface area (Å²) in [5.74, 6) is 1.38. The van der Waals surface area contributed by atoms with E-state index >= 15 is 0 Å². The minimum Gasteiger partial charge on any atom is -0.381 e. The molecular weight excluding hydrogens is 268 g/mol. The monoisotopic (exact) mass is 288 g/mol. The number of benzene rings is 2. The van der Waals surface area contributed by atoms with Crippen LogP contribution in [0.2, 0.25) is 0 Å². The van der Waals surface area contributed by atoms with Gasteiger partial charge in [0.1, 0.15) is 0 Å². The normalized spacial score (nSPS) is 20.1. The molecule has 1 aliphatic carbocycles. The Labute approximate surface area is 126 Å². The summed E-state index contributed by atoms with van der Waals surface area (Å²) in [4.78, 5) is 0. The fraction of sp³-hybridized carbons (Fsp3) is 0.294. The van der Waals surface area contributed by atoms with E-state index in [1.165, 1.54) is 23.2 Å². The van der Waals surface area contributed by atoms with Gasteiger partial charge in [-0.05, 0) is 48.1 Å². The zero-order chi connectivity index (χ0) is 13.1. The van der Waals surface area contributed by atoms with Gasteiger partial charge < -0.3 is 11.1 Å². The molecule has 0 amide bonds. The van der Waals surface area contributed by atoms with E-state index in [1.807, 2.05) is 6.07 Å². The van der Waals surface area contributed by atoms with Gasteiger partial charge in [-0.15, -0.1) is 12.4 Å². The third-order valence-electron chi connectivity index (χ3n) is 3.88. The Bertz CT molecular complexity index is 542. The molecule has 0 unspecified atom stereocenters. The lowest BCUT2D eigenvalue weighted by Gasteiger charge is -2.08. The molecule has 106 valence electrons. The minimum atomic E-state index is 0. The van der Waals surface area contributed by atoms with Crippen molar-refractivity contribution in [3.05, 3.63) is 65.7 Å². The van der Waals surface area contributed by atoms with Gasteiger partial charge in [-0.2, -0.15) is 0 Å². The highest BCUT2D eigenvalue weighted by Crippen LogP contribution is 2.46. The van der Waals surface area contributed by atoms with Crippen molar-refractivity contribution in [2.45, 2.75) is 18.9 Å². The van der Waals surface area contributed by atoms with Crippen LogP contribution in [-0.4, -0.2) is 6.54 Å². The number of hydrogen-bond donors (Lipinski definition) is 2. The van der Waals surface area contributed by atoms with Crippen molar-refractivity contribution in [3.8, 4) is 0 Å². The predicted octanol–water partition coefficient (Wildman–Crippen LogP) is 3.78. The van der Waals surface area contributed by atoms with Gasteiger partial charge in [-0.25, -0.2) is 0 Å². The van der Waals surface area contributed by atoms with Crippen LogP contribution in [0.3, 0.4) is 0 Å². The first-order valence-electron chi connectivity index (χ1n) is 6.94. The zero-order valence-electron chi connectivity index (χ0n) is 11.5. The fourth-order valence-electron chi connectivity index (χ4n) is 2.60. The Hall–Kier alpha value is -1.51. The van der Waals surface area contributed by atoms with Gasteiger partial charge in [0.15, 0.2) is 0 Å². The van der Waals surface area contributed by atoms with Crippen LogP contribution in [0.25, 0.3) is 0 Å². The Kier molecular flexibility index (Phi) is 5.05. The number of anilines is 1. The highest BCUT2D eigenvalue weighted by molar-refractivity contribution is 5.85. The maximum absolute atomic E-state index is 5.72. The van der Waals surface area contributed by atoms with E-state index in [-0.39, 0.29) is 12.4 Å². The quantitative estimate of drug-likeness (QED) is 0.879. The molecular formula is C17H21ClN2. The van der Waals surface area contributed by atoms with Crippen molar-refractivity contribution < 1.29 is 0 Å². The number of rotatable bonds is 5. The maximum Gasteiger partial charge on any atom is 0.0400 e. The molecule has 1 saturated carbocycles. The van der Waals surface area contributed by atoms with E-state index < -0.39 is 0 Å². The first kappa shape index (κ1) is 14.9. The third-order valence-corrected chi connectivity index (χ3v) is 3.88. The van der Waals surface area contributed by atoms with Crippen LogP contribution >= 0.6 is 12.4 Å². The van der Waals surface area contributed by atoms with Crippen molar-refractivity contribution in [3.63, 3.8) is 0 Å². The molecule has 0 saturated heterocycles. The van der Waals surface area contributed by atoms with Crippen molar-refractivity contribution in [2.75, 3.05) is 11.9 Å². The zero-order valence-corrected chi connectivity index (χ0v) is 12.3. The SMILES string of the molecule is Cl.NC[C@H]1C[C@@H]1c1cccc(NCc2ccccc2)c1. The fourth-order valence-corrected chi connectivity index (χ4v) is 2.60. The highest BCUT2D eigenvalue weighted by Gasteiger charge is 2.36. The van der Waals surface area contributed by atoms with Crippen LogP contribution in [-0.2, 0) is 6.54 Å². The molecule has 3 rings (SSSR count). The molecule has 3 heteroatoms. The Morgan fingerprint density at radius 2 is 1.85 bits per heavy atom. The molecule has 0 aromatic heterocycles. The Balaban J connectivity index is 0.00000147. The number of nitrogens with two attached hydrogens (primary N) is 1. The second-order valence-electron chi connectivity index (χ2n) is 5.30. The molecule has 0 radical (unpaired) electrons. The topological polar surface area (TPSA) is 38.0 Å². The second-order valence-corrected chi connectivity index (χ2v) is 5.30. The maximum atomic E-state index is 5.72. The van der Waals surface area contributed by atoms with Gasteiger partial charge in [0.25, 0.3) is 0 Å². The molecule has 2 atom stereocenters. The second kappa shape index (κ2) is 6.78. The van der Waals surface area contributed by atoms with Gasteiger partial charge >= 0.3 is 0 Å². The van der Waals surface area contributed by atoms with Crippen LogP contribution in [0.15, 0.2) is 54.6 Å². The molecule has 0 aliphatic heterocycles. The summed E-state index contributed by atoms with van der Waals surface area (Å²) in [5.41, 5.74) is 9.65. The highest BCUT2D eigenvalue weighted by atomic mass is 35.5. The summed E-state index contributed by atoms with van der Waals surface area (Å²) in [6.45, 7) is 1.68. The van der Waals surface area contributed by atoms with Crippen LogP contribution in [0, 0.1) is 5.92 Å². The van der Waals surface area contributed by atoms with E-state index in [0.717, 1.165) is 13.1 Å². The first-order valence-corrected chi connectivity index (χ1v) is 6.94. The van der Waals surface area contributed by atoms with Crippen molar-refractivity contribution in [1.82, 2.24) is 0 Å². The van der Waals surface area contributed by atoms with Gasteiger partial charge in [0, 0.05) is 12.2 Å². The molecule has 2 nitrogen and oxygen atoms in total. The summed E-state index contributed by atoms with van der Waals surface area (Å²) >= 11 is 0. The summed E-state index contributed by atoms with van der Waals surface area (Å²) in [7, 11) is 0. The summed E-state index contributed by atoms with van der Waals surface area (Å²) in [6.07, 6.45) is 1.25. The van der Waals surface area contributed by atoms with Crippen molar-refractivity contribution in [1.29, 1.82) is 0 Å². The predicted molar refractivity (Wildman–Crippen MR) is 87.4 cm³/mol. The number of hydrogen-bond acceptors (Lipinski definition) is 2. The van der Waals surface area contributed by atoms with Crippen LogP contribution in [0.4, 0.5) is 5.69 Å². The molecule has 0 spiro atoms. The average Bonchev–Trinajstić information content (AvgIpc) is 3.26. The van der Waals surface area contributed by atoms with Gasteiger partial charge in [0.05, 0.1) is 0 Å². The Morgan fingerprint density at radius 3 is 2.55 bits per heavy atom. The molecule has 2 aromatic rings. The van der Waals surface area contributed by atoms with E-state index in [1.54, 1.807) is 0 Å². The molecule has 1 aliphatic rings. The van der Waals surface area contributed by atoms with Crippen LogP contribution in [0.5, 0.6) is 0 Å². The van der Waals surface area contributed by atoms with E-state index in [4.69, 9.17) is 5.73 Å². The lowest BCUT2D eigenvalue weighted by Crippen LogP contribution is -2.02. The van der Waals surface area contributed by atoms with Gasteiger partial charge in [-0.3, -0.25) is 0 Å². The van der Waals surface area contributed by atoms with Crippen LogP contribution < -0.4 is 11.1 Å². The van der Waals surface area contributed by atoms with Gasteiger partial charge in [0.2, 0.25) is 0 Å². The lowest BCUT2D eigenvalue weighted by molar-refractivity contribution is 0.810. The number of nitrogens with one attached hydrogen (secondary N) is 1. The van der Waals surface area contributed by atoms with E-state index in [0.29, 0.717) is 11.8 Å². The first-order chi connectivity index (χ1) is 9.36. The molecule has 2 aromatic carbocycles. The van der Waals surface area contributed by atoms with E-state index in [9.17, 15) is 0 Å². The smallest absolute Gasteiger partial charge is 0.0400 e. The molecule has 0 heterocycles. The molecule has 0 bridgehead atoms. The third kappa shape index (κ3) is 3.53. The average molecular weight is 289 g/mol. The van der Waals surface area contributed by atoms with Crippen molar-refractivity contribution in [2.24, 2.45) is 11.7 Å². The Morgan fingerprint density at radius 1 is 1.05 bits per heavy atom. The molecule has 1 fully saturated rings. The standard InChI is InChI=1S/C17H20N2.ClH/c18-11-15-10-17(15)14-7-4-8-16(9-14)19-12-13-5-2-1-3-6-13;/h1-9,15,17,19H,10-12,18H2;1H/t15-,17-;/m1./s1. The van der Waals surface area contributed by atoms with Crippen molar-refractivity contribution >= 4 is 18.1 Å². The largest absolute Gasteiger partial charge is 0.381 e. The molecule has 20 heavy (non-hydrogen) atoms. The summed E-state index contributed by atoms with van der Waals surface area (Å²) in [6, 6.07) is 19.2. The lowest BCUT2D eigenvalue weighted by atomic mass is 10.1. The summed E-state index contributed by atoms with van der Waals surface area (Å²) in [5, 5.41) is 3.49. The van der Waals surface area contributed by atoms with Crippen LogP contribution in [0.1, 0.15) is 23.5 Å². The minimum absolute atomic E-state index is 0.